The Morgan fingerprint density at radius 2 is 1.74 bits per heavy atom. The fourth-order valence-electron chi connectivity index (χ4n) is 2.98. The lowest BCUT2D eigenvalue weighted by atomic mass is 10.1. The molecule has 0 radical (unpaired) electrons. The van der Waals surface area contributed by atoms with Gasteiger partial charge in [-0.25, -0.2) is 5.10 Å². The van der Waals surface area contributed by atoms with Gasteiger partial charge in [-0.05, 0) is 47.3 Å². The van der Waals surface area contributed by atoms with Crippen LogP contribution in [0.15, 0.2) is 71.8 Å². The number of anilines is 1. The molecule has 5 nitrogen and oxygen atoms in total. The molecular formula is C21H19N5S. The average molecular weight is 373 g/mol. The number of nitrogens with one attached hydrogen (secondary N) is 1. The maximum atomic E-state index is 5.37. The number of rotatable bonds is 4. The van der Waals surface area contributed by atoms with E-state index in [0.717, 1.165) is 22.2 Å². The highest BCUT2D eigenvalue weighted by Crippen LogP contribution is 2.21. The Bertz CT molecular complexity index is 1160. The molecule has 0 aliphatic heterocycles. The maximum Gasteiger partial charge on any atom is 0.216 e. The Morgan fingerprint density at radius 3 is 2.52 bits per heavy atom. The minimum atomic E-state index is 0.457. The van der Waals surface area contributed by atoms with Crippen LogP contribution in [0.3, 0.4) is 0 Å². The quantitative estimate of drug-likeness (QED) is 0.416. The highest BCUT2D eigenvalue weighted by Gasteiger charge is 2.08. The molecule has 0 atom stereocenters. The first-order valence-electron chi connectivity index (χ1n) is 8.61. The van der Waals surface area contributed by atoms with Crippen LogP contribution in [0.4, 0.5) is 5.69 Å². The Labute approximate surface area is 162 Å². The molecular weight excluding hydrogens is 354 g/mol. The van der Waals surface area contributed by atoms with Crippen LogP contribution < -0.4 is 4.90 Å². The first kappa shape index (κ1) is 17.2. The first-order valence-corrected chi connectivity index (χ1v) is 9.01. The molecule has 0 spiro atoms. The molecule has 0 bridgehead atoms. The van der Waals surface area contributed by atoms with Crippen molar-refractivity contribution >= 4 is 34.9 Å². The van der Waals surface area contributed by atoms with Gasteiger partial charge in [0.1, 0.15) is 0 Å². The number of fused-ring (bicyclic) bond motifs is 1. The van der Waals surface area contributed by atoms with Crippen molar-refractivity contribution in [1.82, 2.24) is 14.9 Å². The smallest absolute Gasteiger partial charge is 0.216 e. The molecule has 3 aromatic carbocycles. The number of aromatic amines is 1. The minimum Gasteiger partial charge on any atom is -0.378 e. The Morgan fingerprint density at radius 1 is 1.00 bits per heavy atom. The van der Waals surface area contributed by atoms with Crippen molar-refractivity contribution in [3.63, 3.8) is 0 Å². The molecule has 27 heavy (non-hydrogen) atoms. The van der Waals surface area contributed by atoms with Crippen LogP contribution in [0.25, 0.3) is 22.2 Å². The summed E-state index contributed by atoms with van der Waals surface area (Å²) >= 11 is 5.37. The fraction of sp³-hybridized carbons (Fsp3) is 0.0952. The van der Waals surface area contributed by atoms with E-state index in [0.29, 0.717) is 10.6 Å². The van der Waals surface area contributed by atoms with Crippen LogP contribution in [0.1, 0.15) is 5.56 Å². The molecule has 134 valence electrons. The average Bonchev–Trinajstić information content (AvgIpc) is 3.07. The number of hydrogen-bond acceptors (Lipinski definition) is 4. The number of H-pyrrole nitrogens is 1. The third-order valence-corrected chi connectivity index (χ3v) is 4.69. The summed E-state index contributed by atoms with van der Waals surface area (Å²) in [5, 5.41) is 14.1. The second kappa shape index (κ2) is 7.17. The van der Waals surface area contributed by atoms with Gasteiger partial charge in [0, 0.05) is 30.9 Å². The molecule has 0 aliphatic rings. The highest BCUT2D eigenvalue weighted by molar-refractivity contribution is 7.71. The Kier molecular flexibility index (Phi) is 4.56. The number of aromatic nitrogens is 3. The Balaban J connectivity index is 1.74. The van der Waals surface area contributed by atoms with Crippen molar-refractivity contribution in [2.45, 2.75) is 0 Å². The van der Waals surface area contributed by atoms with Gasteiger partial charge in [0.15, 0.2) is 5.82 Å². The van der Waals surface area contributed by atoms with Crippen LogP contribution in [0.5, 0.6) is 0 Å². The maximum absolute atomic E-state index is 5.37. The highest BCUT2D eigenvalue weighted by atomic mass is 32.1. The first-order chi connectivity index (χ1) is 13.1. The summed E-state index contributed by atoms with van der Waals surface area (Å²) in [6, 6.07) is 22.5. The zero-order valence-electron chi connectivity index (χ0n) is 15.1. The van der Waals surface area contributed by atoms with Gasteiger partial charge in [0.2, 0.25) is 4.77 Å². The van der Waals surface area contributed by atoms with E-state index < -0.39 is 0 Å². The van der Waals surface area contributed by atoms with Gasteiger partial charge < -0.3 is 4.90 Å². The number of benzene rings is 3. The number of nitrogens with zero attached hydrogens (tertiary/aromatic N) is 4. The van der Waals surface area contributed by atoms with Gasteiger partial charge >= 0.3 is 0 Å². The monoisotopic (exact) mass is 373 g/mol. The van der Waals surface area contributed by atoms with Gasteiger partial charge in [-0.2, -0.15) is 14.9 Å². The molecule has 6 heteroatoms. The SMILES string of the molecule is CN(C)c1ccc(-c2n[nH]c(=S)n2N=Cc2cccc3ccccc23)cc1. The van der Waals surface area contributed by atoms with Crippen molar-refractivity contribution in [1.29, 1.82) is 0 Å². The lowest BCUT2D eigenvalue weighted by molar-refractivity contribution is 0.872. The van der Waals surface area contributed by atoms with E-state index in [1.165, 1.54) is 5.39 Å². The largest absolute Gasteiger partial charge is 0.378 e. The van der Waals surface area contributed by atoms with E-state index in [1.807, 2.05) is 68.8 Å². The van der Waals surface area contributed by atoms with Crippen LogP contribution in [-0.4, -0.2) is 35.2 Å². The van der Waals surface area contributed by atoms with Crippen molar-refractivity contribution < 1.29 is 0 Å². The van der Waals surface area contributed by atoms with Crippen LogP contribution >= 0.6 is 12.2 Å². The summed E-state index contributed by atoms with van der Waals surface area (Å²) in [6.45, 7) is 0. The summed E-state index contributed by atoms with van der Waals surface area (Å²) in [4.78, 5) is 2.06. The van der Waals surface area contributed by atoms with E-state index >= 15 is 0 Å². The summed E-state index contributed by atoms with van der Waals surface area (Å²) < 4.78 is 2.11. The van der Waals surface area contributed by atoms with E-state index in [2.05, 4.69) is 38.4 Å². The molecule has 0 aliphatic carbocycles. The zero-order valence-corrected chi connectivity index (χ0v) is 15.9. The van der Waals surface area contributed by atoms with Gasteiger partial charge in [-0.15, -0.1) is 0 Å². The molecule has 0 saturated heterocycles. The minimum absolute atomic E-state index is 0.457. The fourth-order valence-corrected chi connectivity index (χ4v) is 3.16. The second-order valence-electron chi connectivity index (χ2n) is 6.42. The zero-order chi connectivity index (χ0) is 18.8. The van der Waals surface area contributed by atoms with Gasteiger partial charge in [-0.1, -0.05) is 42.5 Å². The molecule has 1 N–H and O–H groups in total. The Hall–Kier alpha value is -3.25. The third kappa shape index (κ3) is 3.39. The molecule has 0 fully saturated rings. The van der Waals surface area contributed by atoms with Crippen molar-refractivity contribution in [3.8, 4) is 11.4 Å². The van der Waals surface area contributed by atoms with E-state index in [1.54, 1.807) is 4.68 Å². The molecule has 4 aromatic rings. The van der Waals surface area contributed by atoms with Crippen molar-refractivity contribution in [2.24, 2.45) is 5.10 Å². The van der Waals surface area contributed by atoms with Crippen LogP contribution in [-0.2, 0) is 0 Å². The predicted octanol–water partition coefficient (Wildman–Crippen LogP) is 4.71. The van der Waals surface area contributed by atoms with Gasteiger partial charge in [-0.3, -0.25) is 0 Å². The predicted molar refractivity (Wildman–Crippen MR) is 114 cm³/mol. The normalized spacial score (nSPS) is 11.3. The van der Waals surface area contributed by atoms with Crippen molar-refractivity contribution in [3.05, 3.63) is 77.1 Å². The second-order valence-corrected chi connectivity index (χ2v) is 6.81. The van der Waals surface area contributed by atoms with Gasteiger partial charge in [0.25, 0.3) is 0 Å². The standard InChI is InChI=1S/C21H19N5S/c1-25(2)18-12-10-16(11-13-18)20-23-24-21(27)26(20)22-14-17-8-5-7-15-6-3-4-9-19(15)17/h3-14H,1-2H3,(H,24,27). The lowest BCUT2D eigenvalue weighted by Crippen LogP contribution is -2.08. The lowest BCUT2D eigenvalue weighted by Gasteiger charge is -2.12. The topological polar surface area (TPSA) is 49.2 Å². The van der Waals surface area contributed by atoms with Crippen LogP contribution in [0, 0.1) is 4.77 Å². The van der Waals surface area contributed by atoms with Crippen LogP contribution in [0.2, 0.25) is 0 Å². The third-order valence-electron chi connectivity index (χ3n) is 4.43. The van der Waals surface area contributed by atoms with Gasteiger partial charge in [0.05, 0.1) is 6.21 Å². The molecule has 0 amide bonds. The molecule has 0 saturated carbocycles. The number of hydrogen-bond donors (Lipinski definition) is 1. The molecule has 1 aromatic heterocycles. The van der Waals surface area contributed by atoms with E-state index in [4.69, 9.17) is 12.2 Å². The summed E-state index contributed by atoms with van der Waals surface area (Å²) in [6.07, 6.45) is 1.82. The molecule has 1 heterocycles. The molecule has 0 unspecified atom stereocenters. The van der Waals surface area contributed by atoms with Crippen molar-refractivity contribution in [2.75, 3.05) is 19.0 Å². The molecule has 4 rings (SSSR count). The van der Waals surface area contributed by atoms with E-state index in [9.17, 15) is 0 Å². The van der Waals surface area contributed by atoms with E-state index in [-0.39, 0.29) is 0 Å². The summed E-state index contributed by atoms with van der Waals surface area (Å²) in [7, 11) is 4.03. The summed E-state index contributed by atoms with van der Waals surface area (Å²) in [5.74, 6) is 0.682. The summed E-state index contributed by atoms with van der Waals surface area (Å²) in [5.41, 5.74) is 3.10.